The molecule has 0 spiro atoms. The van der Waals surface area contributed by atoms with Crippen molar-refractivity contribution < 1.29 is 9.90 Å². The van der Waals surface area contributed by atoms with Crippen LogP contribution in [0.15, 0.2) is 30.7 Å². The van der Waals surface area contributed by atoms with E-state index in [-0.39, 0.29) is 12.5 Å². The molecule has 2 aromatic rings. The molecule has 138 valence electrons. The van der Waals surface area contributed by atoms with Gasteiger partial charge in [0.2, 0.25) is 0 Å². The van der Waals surface area contributed by atoms with Crippen molar-refractivity contribution in [3.8, 4) is 0 Å². The minimum atomic E-state index is -0.975. The molecule has 1 atom stereocenters. The van der Waals surface area contributed by atoms with Crippen molar-refractivity contribution in [2.45, 2.75) is 32.3 Å². The van der Waals surface area contributed by atoms with Gasteiger partial charge in [0.15, 0.2) is 0 Å². The number of piperidine rings is 1. The highest BCUT2D eigenvalue weighted by molar-refractivity contribution is 5.95. The quantitative estimate of drug-likeness (QED) is 0.897. The van der Waals surface area contributed by atoms with Crippen molar-refractivity contribution in [2.75, 3.05) is 31.6 Å². The summed E-state index contributed by atoms with van der Waals surface area (Å²) in [4.78, 5) is 29.0. The van der Waals surface area contributed by atoms with Gasteiger partial charge in [-0.2, -0.15) is 0 Å². The zero-order valence-corrected chi connectivity index (χ0v) is 15.5. The van der Waals surface area contributed by atoms with E-state index in [0.29, 0.717) is 24.2 Å². The zero-order chi connectivity index (χ0) is 18.7. The molecule has 2 aromatic heterocycles. The number of aliphatic hydroxyl groups is 1. The first-order valence-electron chi connectivity index (χ1n) is 8.81. The predicted molar refractivity (Wildman–Crippen MR) is 99.1 cm³/mol. The highest BCUT2D eigenvalue weighted by Gasteiger charge is 2.36. The topological polar surface area (TPSA) is 82.5 Å². The normalized spacial score (nSPS) is 20.1. The molecule has 26 heavy (non-hydrogen) atoms. The predicted octanol–water partition coefficient (Wildman–Crippen LogP) is 1.59. The molecule has 7 nitrogen and oxygen atoms in total. The molecule has 1 amide bonds. The van der Waals surface area contributed by atoms with E-state index in [1.807, 2.05) is 19.9 Å². The van der Waals surface area contributed by atoms with Gasteiger partial charge in [-0.05, 0) is 38.8 Å². The van der Waals surface area contributed by atoms with Crippen LogP contribution in [0.2, 0.25) is 0 Å². The molecule has 7 heteroatoms. The number of hydrogen-bond acceptors (Lipinski definition) is 6. The summed E-state index contributed by atoms with van der Waals surface area (Å²) in [6.45, 7) is 5.27. The molecule has 0 aliphatic carbocycles. The van der Waals surface area contributed by atoms with E-state index >= 15 is 0 Å². The van der Waals surface area contributed by atoms with Crippen LogP contribution in [0.4, 0.5) is 5.82 Å². The van der Waals surface area contributed by atoms with Gasteiger partial charge in [0, 0.05) is 43.8 Å². The van der Waals surface area contributed by atoms with Gasteiger partial charge in [-0.25, -0.2) is 9.97 Å². The van der Waals surface area contributed by atoms with Crippen molar-refractivity contribution in [2.24, 2.45) is 0 Å². The van der Waals surface area contributed by atoms with Crippen LogP contribution >= 0.6 is 0 Å². The summed E-state index contributed by atoms with van der Waals surface area (Å²) in [5.74, 6) is 0.687. The Morgan fingerprint density at radius 3 is 2.88 bits per heavy atom. The molecule has 1 aliphatic rings. The smallest absolute Gasteiger partial charge is 0.255 e. The first-order valence-corrected chi connectivity index (χ1v) is 8.81. The second-order valence-electron chi connectivity index (χ2n) is 7.06. The lowest BCUT2D eigenvalue weighted by molar-refractivity contribution is -0.000176. The fourth-order valence-corrected chi connectivity index (χ4v) is 3.48. The number of β-amino-alcohol motifs (C(OH)–C–C–N with tert-alkyl or cyclic N) is 1. The van der Waals surface area contributed by atoms with E-state index in [0.717, 1.165) is 24.5 Å². The number of hydrogen-bond donors (Lipinski definition) is 1. The number of carbonyl (C=O) groups is 1. The Balaban J connectivity index is 1.71. The van der Waals surface area contributed by atoms with Crippen LogP contribution < -0.4 is 4.90 Å². The van der Waals surface area contributed by atoms with Crippen molar-refractivity contribution in [3.63, 3.8) is 0 Å². The number of anilines is 1. The Bertz CT molecular complexity index is 797. The van der Waals surface area contributed by atoms with E-state index in [1.165, 1.54) is 0 Å². The number of aryl methyl sites for hydroxylation is 2. The largest absolute Gasteiger partial charge is 0.386 e. The molecule has 0 unspecified atom stereocenters. The molecular formula is C19H25N5O2. The Kier molecular flexibility index (Phi) is 5.18. The highest BCUT2D eigenvalue weighted by atomic mass is 16.3. The number of carbonyl (C=O) groups excluding carboxylic acids is 1. The molecule has 1 saturated heterocycles. The molecule has 0 bridgehead atoms. The molecule has 3 rings (SSSR count). The minimum absolute atomic E-state index is 0.126. The van der Waals surface area contributed by atoms with Crippen molar-refractivity contribution in [1.29, 1.82) is 0 Å². The molecule has 3 heterocycles. The summed E-state index contributed by atoms with van der Waals surface area (Å²) in [6.07, 6.45) is 4.70. The Morgan fingerprint density at radius 1 is 1.35 bits per heavy atom. The fraction of sp³-hybridized carbons (Fsp3) is 0.474. The molecule has 0 saturated carbocycles. The van der Waals surface area contributed by atoms with Crippen LogP contribution in [0, 0.1) is 13.8 Å². The summed E-state index contributed by atoms with van der Waals surface area (Å²) in [7, 11) is 1.72. The van der Waals surface area contributed by atoms with Crippen LogP contribution in [-0.4, -0.2) is 63.1 Å². The van der Waals surface area contributed by atoms with Gasteiger partial charge in [-0.3, -0.25) is 9.78 Å². The molecule has 1 aliphatic heterocycles. The minimum Gasteiger partial charge on any atom is -0.386 e. The average Bonchev–Trinajstić information content (AvgIpc) is 2.61. The van der Waals surface area contributed by atoms with Crippen LogP contribution in [0.5, 0.6) is 0 Å². The van der Waals surface area contributed by atoms with Gasteiger partial charge >= 0.3 is 0 Å². The summed E-state index contributed by atoms with van der Waals surface area (Å²) in [6, 6.07) is 5.43. The third-order valence-electron chi connectivity index (χ3n) is 4.78. The van der Waals surface area contributed by atoms with Crippen molar-refractivity contribution in [1.82, 2.24) is 19.9 Å². The van der Waals surface area contributed by atoms with Gasteiger partial charge < -0.3 is 14.9 Å². The van der Waals surface area contributed by atoms with Gasteiger partial charge in [0.05, 0.1) is 17.7 Å². The second-order valence-corrected chi connectivity index (χ2v) is 7.06. The summed E-state index contributed by atoms with van der Waals surface area (Å²) >= 11 is 0. The monoisotopic (exact) mass is 355 g/mol. The molecular weight excluding hydrogens is 330 g/mol. The fourth-order valence-electron chi connectivity index (χ4n) is 3.48. The third kappa shape index (κ3) is 3.99. The highest BCUT2D eigenvalue weighted by Crippen LogP contribution is 2.26. The van der Waals surface area contributed by atoms with Crippen LogP contribution in [0.3, 0.4) is 0 Å². The van der Waals surface area contributed by atoms with Crippen LogP contribution in [0.1, 0.15) is 34.6 Å². The lowest BCUT2D eigenvalue weighted by atomic mass is 9.92. The van der Waals surface area contributed by atoms with Crippen LogP contribution in [0.25, 0.3) is 0 Å². The summed E-state index contributed by atoms with van der Waals surface area (Å²) in [5.41, 5.74) is 1.18. The number of nitrogens with zero attached hydrogens (tertiary/aromatic N) is 5. The van der Waals surface area contributed by atoms with Gasteiger partial charge in [0.1, 0.15) is 12.1 Å². The first-order chi connectivity index (χ1) is 12.4. The third-order valence-corrected chi connectivity index (χ3v) is 4.78. The molecule has 1 fully saturated rings. The maximum absolute atomic E-state index is 12.7. The van der Waals surface area contributed by atoms with Gasteiger partial charge in [0.25, 0.3) is 5.91 Å². The maximum atomic E-state index is 12.7. The van der Waals surface area contributed by atoms with E-state index < -0.39 is 5.60 Å². The van der Waals surface area contributed by atoms with Crippen LogP contribution in [-0.2, 0) is 0 Å². The standard InChI is InChI=1S/C19H25N5O2/c1-14-10-17(22-13-21-14)24-9-5-7-19(26,12-24)11-23(3)18(25)16-6-4-8-20-15(16)2/h4,6,8,10,13,26H,5,7,9,11-12H2,1-3H3/t19-/m1/s1. The SMILES string of the molecule is Cc1cc(N2CCC[C@@](O)(CN(C)C(=O)c3cccnc3C)C2)ncn1. The van der Waals surface area contributed by atoms with E-state index in [1.54, 1.807) is 36.6 Å². The number of amides is 1. The average molecular weight is 355 g/mol. The molecule has 0 radical (unpaired) electrons. The maximum Gasteiger partial charge on any atom is 0.255 e. The Hall–Kier alpha value is -2.54. The number of pyridine rings is 1. The Morgan fingerprint density at radius 2 is 2.15 bits per heavy atom. The lowest BCUT2D eigenvalue weighted by Crippen LogP contribution is -2.55. The second kappa shape index (κ2) is 7.37. The first kappa shape index (κ1) is 18.3. The van der Waals surface area contributed by atoms with Crippen molar-refractivity contribution in [3.05, 3.63) is 47.7 Å². The van der Waals surface area contributed by atoms with E-state index in [2.05, 4.69) is 19.9 Å². The molecule has 0 aromatic carbocycles. The number of aromatic nitrogens is 3. The van der Waals surface area contributed by atoms with E-state index in [9.17, 15) is 9.90 Å². The van der Waals surface area contributed by atoms with Gasteiger partial charge in [-0.15, -0.1) is 0 Å². The van der Waals surface area contributed by atoms with Gasteiger partial charge in [-0.1, -0.05) is 0 Å². The lowest BCUT2D eigenvalue weighted by Gasteiger charge is -2.41. The van der Waals surface area contributed by atoms with Crippen molar-refractivity contribution >= 4 is 11.7 Å². The molecule has 1 N–H and O–H groups in total. The number of rotatable bonds is 4. The zero-order valence-electron chi connectivity index (χ0n) is 15.5. The number of likely N-dealkylation sites (N-methyl/N-ethyl adjacent to an activating group) is 1. The Labute approximate surface area is 153 Å². The van der Waals surface area contributed by atoms with E-state index in [4.69, 9.17) is 0 Å². The summed E-state index contributed by atoms with van der Waals surface area (Å²) in [5, 5.41) is 11.1. The summed E-state index contributed by atoms with van der Waals surface area (Å²) < 4.78 is 0.